The number of amides is 2. The number of aryl methyl sites for hydroxylation is 3. The molecule has 0 saturated carbocycles. The van der Waals surface area contributed by atoms with E-state index >= 15 is 0 Å². The Morgan fingerprint density at radius 2 is 1.57 bits per heavy atom. The van der Waals surface area contributed by atoms with E-state index in [2.05, 4.69) is 9.88 Å². The van der Waals surface area contributed by atoms with Crippen molar-refractivity contribution >= 4 is 40.3 Å². The van der Waals surface area contributed by atoms with E-state index in [4.69, 9.17) is 33.5 Å². The van der Waals surface area contributed by atoms with Gasteiger partial charge in [0.05, 0.1) is 17.5 Å². The first kappa shape index (κ1) is 33.4. The van der Waals surface area contributed by atoms with Gasteiger partial charge in [0.1, 0.15) is 11.7 Å². The minimum Gasteiger partial charge on any atom is -0.384 e. The molecule has 0 aliphatic heterocycles. The van der Waals surface area contributed by atoms with Gasteiger partial charge in [0.25, 0.3) is 5.91 Å². The first-order valence-electron chi connectivity index (χ1n) is 15.8. The topological polar surface area (TPSA) is 143 Å². The summed E-state index contributed by atoms with van der Waals surface area (Å²) in [6.45, 7) is 2.37. The Bertz CT molecular complexity index is 1820. The molecular formula is C37H40ClN7O2. The zero-order chi connectivity index (χ0) is 33.2. The SMILES string of the molecule is N=C(N)c1ccc(CCc2nc3cc(C(=O)N(CCN)Cc4ccc(Cl)cc4)ccc3n2CCCNC(=O)Cc2ccccc2)cc1. The number of benzene rings is 4. The molecule has 9 nitrogen and oxygen atoms in total. The second kappa shape index (κ2) is 16.0. The molecule has 0 radical (unpaired) electrons. The van der Waals surface area contributed by atoms with Gasteiger partial charge in [-0.15, -0.1) is 0 Å². The number of aromatic nitrogens is 2. The van der Waals surface area contributed by atoms with Crippen LogP contribution in [0.4, 0.5) is 0 Å². The first-order chi connectivity index (χ1) is 22.8. The van der Waals surface area contributed by atoms with Gasteiger partial charge < -0.3 is 26.3 Å². The average molecular weight is 650 g/mol. The molecule has 2 amide bonds. The van der Waals surface area contributed by atoms with Gasteiger partial charge in [0, 0.05) is 55.3 Å². The predicted octanol–water partition coefficient (Wildman–Crippen LogP) is 5.11. The third kappa shape index (κ3) is 9.06. The number of hydrogen-bond acceptors (Lipinski definition) is 5. The van der Waals surface area contributed by atoms with E-state index in [1.165, 1.54) is 0 Å². The molecule has 242 valence electrons. The summed E-state index contributed by atoms with van der Waals surface area (Å²) in [6, 6.07) is 30.5. The number of amidine groups is 1. The van der Waals surface area contributed by atoms with Crippen molar-refractivity contribution in [1.29, 1.82) is 5.41 Å². The van der Waals surface area contributed by atoms with Crippen LogP contribution < -0.4 is 16.8 Å². The number of nitrogens with zero attached hydrogens (tertiary/aromatic N) is 3. The third-order valence-electron chi connectivity index (χ3n) is 8.04. The number of carbonyl (C=O) groups excluding carboxylic acids is 2. The van der Waals surface area contributed by atoms with Crippen molar-refractivity contribution < 1.29 is 9.59 Å². The lowest BCUT2D eigenvalue weighted by atomic mass is 10.1. The number of rotatable bonds is 15. The fourth-order valence-corrected chi connectivity index (χ4v) is 5.70. The number of hydrogen-bond donors (Lipinski definition) is 4. The number of fused-ring (bicyclic) bond motifs is 1. The second-order valence-electron chi connectivity index (χ2n) is 11.5. The van der Waals surface area contributed by atoms with Gasteiger partial charge in [-0.2, -0.15) is 0 Å². The van der Waals surface area contributed by atoms with Crippen LogP contribution in [-0.2, 0) is 37.1 Å². The Balaban J connectivity index is 1.33. The highest BCUT2D eigenvalue weighted by Gasteiger charge is 2.19. The molecule has 5 rings (SSSR count). The van der Waals surface area contributed by atoms with E-state index in [1.54, 1.807) is 4.90 Å². The van der Waals surface area contributed by atoms with Gasteiger partial charge in [0.15, 0.2) is 0 Å². The maximum absolute atomic E-state index is 13.7. The summed E-state index contributed by atoms with van der Waals surface area (Å²) >= 11 is 6.06. The van der Waals surface area contributed by atoms with Crippen LogP contribution in [0.1, 0.15) is 44.9 Å². The number of nitrogens with two attached hydrogens (primary N) is 2. The van der Waals surface area contributed by atoms with E-state index in [0.29, 0.717) is 61.7 Å². The Morgan fingerprint density at radius 3 is 2.28 bits per heavy atom. The molecule has 4 aromatic carbocycles. The summed E-state index contributed by atoms with van der Waals surface area (Å²) in [5.41, 5.74) is 17.5. The highest BCUT2D eigenvalue weighted by atomic mass is 35.5. The molecule has 0 atom stereocenters. The van der Waals surface area contributed by atoms with Gasteiger partial charge in [-0.05, 0) is 59.9 Å². The zero-order valence-electron chi connectivity index (χ0n) is 26.3. The van der Waals surface area contributed by atoms with E-state index in [1.807, 2.05) is 97.1 Å². The van der Waals surface area contributed by atoms with Crippen molar-refractivity contribution in [3.8, 4) is 0 Å². The predicted molar refractivity (Wildman–Crippen MR) is 188 cm³/mol. The highest BCUT2D eigenvalue weighted by Crippen LogP contribution is 2.22. The molecule has 0 spiro atoms. The quantitative estimate of drug-likeness (QED) is 0.0708. The fraction of sp³-hybridized carbons (Fsp3) is 0.243. The Labute approximate surface area is 280 Å². The molecule has 47 heavy (non-hydrogen) atoms. The van der Waals surface area contributed by atoms with Gasteiger partial charge >= 0.3 is 0 Å². The monoisotopic (exact) mass is 649 g/mol. The molecule has 6 N–H and O–H groups in total. The fourth-order valence-electron chi connectivity index (χ4n) is 5.57. The molecule has 0 aliphatic carbocycles. The Morgan fingerprint density at radius 1 is 0.872 bits per heavy atom. The Hall–Kier alpha value is -4.99. The number of halogens is 1. The van der Waals surface area contributed by atoms with Crippen LogP contribution in [0.2, 0.25) is 5.02 Å². The van der Waals surface area contributed by atoms with Crippen LogP contribution in [-0.4, -0.2) is 51.7 Å². The summed E-state index contributed by atoms with van der Waals surface area (Å²) in [7, 11) is 0. The summed E-state index contributed by atoms with van der Waals surface area (Å²) in [5, 5.41) is 11.3. The van der Waals surface area contributed by atoms with Gasteiger partial charge in [-0.3, -0.25) is 15.0 Å². The summed E-state index contributed by atoms with van der Waals surface area (Å²) < 4.78 is 2.18. The third-order valence-corrected chi connectivity index (χ3v) is 8.29. The zero-order valence-corrected chi connectivity index (χ0v) is 27.0. The second-order valence-corrected chi connectivity index (χ2v) is 11.9. The number of imidazole rings is 1. The van der Waals surface area contributed by atoms with Crippen molar-refractivity contribution in [2.75, 3.05) is 19.6 Å². The molecule has 0 unspecified atom stereocenters. The van der Waals surface area contributed by atoms with E-state index in [0.717, 1.165) is 46.4 Å². The molecule has 0 fully saturated rings. The molecule has 0 aliphatic rings. The van der Waals surface area contributed by atoms with Crippen LogP contribution in [0.5, 0.6) is 0 Å². The molecule has 10 heteroatoms. The van der Waals surface area contributed by atoms with Crippen molar-refractivity contribution in [3.05, 3.63) is 136 Å². The van der Waals surface area contributed by atoms with Crippen LogP contribution in [0.3, 0.4) is 0 Å². The first-order valence-corrected chi connectivity index (χ1v) is 16.2. The maximum Gasteiger partial charge on any atom is 0.254 e. The van der Waals surface area contributed by atoms with E-state index in [-0.39, 0.29) is 17.6 Å². The summed E-state index contributed by atoms with van der Waals surface area (Å²) in [5.74, 6) is 0.813. The molecule has 0 saturated heterocycles. The maximum atomic E-state index is 13.7. The van der Waals surface area contributed by atoms with Crippen LogP contribution >= 0.6 is 11.6 Å². The largest absolute Gasteiger partial charge is 0.384 e. The van der Waals surface area contributed by atoms with Crippen molar-refractivity contribution in [2.45, 2.75) is 38.8 Å². The smallest absolute Gasteiger partial charge is 0.254 e. The van der Waals surface area contributed by atoms with Gasteiger partial charge in [-0.1, -0.05) is 78.3 Å². The normalized spacial score (nSPS) is 11.0. The van der Waals surface area contributed by atoms with Gasteiger partial charge in [0.2, 0.25) is 5.91 Å². The Kier molecular flexibility index (Phi) is 11.4. The molecule has 1 aromatic heterocycles. The summed E-state index contributed by atoms with van der Waals surface area (Å²) in [4.78, 5) is 32.9. The number of nitrogen functional groups attached to an aromatic ring is 1. The molecule has 0 bridgehead atoms. The summed E-state index contributed by atoms with van der Waals surface area (Å²) in [6.07, 6.45) is 2.48. The highest BCUT2D eigenvalue weighted by molar-refractivity contribution is 6.30. The lowest BCUT2D eigenvalue weighted by Gasteiger charge is -2.22. The molecular weight excluding hydrogens is 610 g/mol. The standard InChI is InChI=1S/C37H40ClN7O2/c38-31-15-9-28(10-16-31)25-44(22-19-39)37(47)30-14-17-33-32(24-30)43-34(18-11-26-7-12-29(13-8-26)36(40)41)45(33)21-4-20-42-35(46)23-27-5-2-1-3-6-27/h1-3,5-10,12-17,24H,4,11,18-23,25,39H2,(H3,40,41)(H,42,46). The lowest BCUT2D eigenvalue weighted by Crippen LogP contribution is -2.34. The van der Waals surface area contributed by atoms with Crippen LogP contribution in [0.25, 0.3) is 11.0 Å². The number of carbonyl (C=O) groups is 2. The van der Waals surface area contributed by atoms with Crippen LogP contribution in [0, 0.1) is 5.41 Å². The molecule has 1 heterocycles. The van der Waals surface area contributed by atoms with Crippen LogP contribution in [0.15, 0.2) is 97.1 Å². The molecule has 5 aromatic rings. The van der Waals surface area contributed by atoms with E-state index < -0.39 is 0 Å². The minimum absolute atomic E-state index is 0.00953. The lowest BCUT2D eigenvalue weighted by molar-refractivity contribution is -0.120. The average Bonchev–Trinajstić information content (AvgIpc) is 3.43. The number of nitrogens with one attached hydrogen (secondary N) is 2. The van der Waals surface area contributed by atoms with Crippen molar-refractivity contribution in [2.24, 2.45) is 11.5 Å². The van der Waals surface area contributed by atoms with E-state index in [9.17, 15) is 9.59 Å². The van der Waals surface area contributed by atoms with Crippen molar-refractivity contribution in [3.63, 3.8) is 0 Å². The van der Waals surface area contributed by atoms with Gasteiger partial charge in [-0.25, -0.2) is 4.98 Å². The van der Waals surface area contributed by atoms with Crippen molar-refractivity contribution in [1.82, 2.24) is 19.8 Å². The minimum atomic E-state index is -0.116.